The molecule has 1 aromatic heterocycles. The molecule has 3 nitrogen and oxygen atoms in total. The van der Waals surface area contributed by atoms with Gasteiger partial charge in [0.2, 0.25) is 0 Å². The number of aromatic nitrogens is 2. The molecule has 0 fully saturated rings. The fourth-order valence-corrected chi connectivity index (χ4v) is 2.07. The van der Waals surface area contributed by atoms with Gasteiger partial charge in [-0.2, -0.15) is 0 Å². The maximum atomic E-state index is 13.5. The number of hydrogen-bond donors (Lipinski definition) is 1. The number of anilines is 1. The first kappa shape index (κ1) is 15.4. The van der Waals surface area contributed by atoms with Crippen molar-refractivity contribution in [1.82, 2.24) is 9.97 Å². The first-order valence-corrected chi connectivity index (χ1v) is 6.75. The molecule has 0 radical (unpaired) electrons. The number of benzene rings is 1. The Bertz CT molecular complexity index is 656. The summed E-state index contributed by atoms with van der Waals surface area (Å²) < 4.78 is 26.9. The average molecular weight is 291 g/mol. The Balaban J connectivity index is 2.72. The van der Waals surface area contributed by atoms with Crippen LogP contribution in [0.5, 0.6) is 0 Å². The minimum atomic E-state index is -0.619. The molecule has 5 heteroatoms. The molecule has 0 unspecified atom stereocenters. The van der Waals surface area contributed by atoms with Crippen molar-refractivity contribution in [3.8, 4) is 11.3 Å². The third-order valence-corrected chi connectivity index (χ3v) is 3.19. The largest absolute Gasteiger partial charge is 0.373 e. The zero-order chi connectivity index (χ0) is 15.8. The van der Waals surface area contributed by atoms with E-state index in [2.05, 4.69) is 15.3 Å². The zero-order valence-electron chi connectivity index (χ0n) is 12.9. The lowest BCUT2D eigenvalue weighted by Crippen LogP contribution is -2.18. The fraction of sp³-hybridized carbons (Fsp3) is 0.375. The number of rotatable bonds is 2. The fourth-order valence-electron chi connectivity index (χ4n) is 2.07. The van der Waals surface area contributed by atoms with Crippen molar-refractivity contribution in [1.29, 1.82) is 0 Å². The molecule has 0 bridgehead atoms. The maximum absolute atomic E-state index is 13.5. The van der Waals surface area contributed by atoms with Gasteiger partial charge >= 0.3 is 0 Å². The zero-order valence-corrected chi connectivity index (χ0v) is 12.9. The van der Waals surface area contributed by atoms with E-state index in [1.807, 2.05) is 27.7 Å². The summed E-state index contributed by atoms with van der Waals surface area (Å²) in [4.78, 5) is 9.00. The lowest BCUT2D eigenvalue weighted by molar-refractivity contribution is 0.546. The Kier molecular flexibility index (Phi) is 3.94. The van der Waals surface area contributed by atoms with Crippen LogP contribution in [0.3, 0.4) is 0 Å². The predicted molar refractivity (Wildman–Crippen MR) is 80.4 cm³/mol. The van der Waals surface area contributed by atoms with Crippen molar-refractivity contribution in [2.24, 2.45) is 0 Å². The molecule has 0 aliphatic heterocycles. The highest BCUT2D eigenvalue weighted by atomic mass is 19.1. The van der Waals surface area contributed by atoms with Crippen LogP contribution in [-0.4, -0.2) is 17.0 Å². The molecule has 0 saturated heterocycles. The van der Waals surface area contributed by atoms with Gasteiger partial charge in [-0.05, 0) is 19.1 Å². The molecule has 112 valence electrons. The van der Waals surface area contributed by atoms with Crippen LogP contribution in [0.2, 0.25) is 0 Å². The molecule has 0 spiro atoms. The van der Waals surface area contributed by atoms with Gasteiger partial charge in [0.1, 0.15) is 23.3 Å². The van der Waals surface area contributed by atoms with Gasteiger partial charge < -0.3 is 5.32 Å². The molecule has 2 rings (SSSR count). The summed E-state index contributed by atoms with van der Waals surface area (Å²) in [5, 5.41) is 3.01. The first-order chi connectivity index (χ1) is 9.72. The van der Waals surface area contributed by atoms with E-state index >= 15 is 0 Å². The van der Waals surface area contributed by atoms with E-state index in [9.17, 15) is 8.78 Å². The summed E-state index contributed by atoms with van der Waals surface area (Å²) in [6, 6.07) is 3.41. The van der Waals surface area contributed by atoms with E-state index in [-0.39, 0.29) is 5.41 Å². The van der Waals surface area contributed by atoms with E-state index in [1.54, 1.807) is 7.05 Å². The Morgan fingerprint density at radius 1 is 1.00 bits per heavy atom. The first-order valence-electron chi connectivity index (χ1n) is 6.75. The molecule has 0 saturated carbocycles. The van der Waals surface area contributed by atoms with Crippen LogP contribution in [-0.2, 0) is 5.41 Å². The van der Waals surface area contributed by atoms with Gasteiger partial charge in [0.05, 0.1) is 5.69 Å². The van der Waals surface area contributed by atoms with E-state index in [0.29, 0.717) is 22.9 Å². The van der Waals surface area contributed by atoms with E-state index in [1.165, 1.54) is 12.1 Å². The molecule has 21 heavy (non-hydrogen) atoms. The van der Waals surface area contributed by atoms with Crippen molar-refractivity contribution in [2.75, 3.05) is 12.4 Å². The van der Waals surface area contributed by atoms with Crippen molar-refractivity contribution in [3.05, 3.63) is 41.2 Å². The average Bonchev–Trinajstić information content (AvgIpc) is 2.36. The quantitative estimate of drug-likeness (QED) is 0.906. The third-order valence-electron chi connectivity index (χ3n) is 3.19. The van der Waals surface area contributed by atoms with Gasteiger partial charge in [-0.3, -0.25) is 0 Å². The predicted octanol–water partition coefficient (Wildman–Crippen LogP) is 4.07. The highest BCUT2D eigenvalue weighted by Gasteiger charge is 2.21. The van der Waals surface area contributed by atoms with Crippen LogP contribution >= 0.6 is 0 Å². The van der Waals surface area contributed by atoms with Crippen LogP contribution < -0.4 is 5.32 Å². The van der Waals surface area contributed by atoms with Gasteiger partial charge in [-0.1, -0.05) is 20.8 Å². The third kappa shape index (κ3) is 3.17. The van der Waals surface area contributed by atoms with Crippen molar-refractivity contribution in [3.63, 3.8) is 0 Å². The topological polar surface area (TPSA) is 37.8 Å². The van der Waals surface area contributed by atoms with E-state index in [4.69, 9.17) is 0 Å². The molecular weight excluding hydrogens is 272 g/mol. The molecule has 2 aromatic rings. The Hall–Kier alpha value is -2.04. The molecule has 0 amide bonds. The van der Waals surface area contributed by atoms with Gasteiger partial charge in [0.15, 0.2) is 0 Å². The molecule has 1 N–H and O–H groups in total. The minimum absolute atomic E-state index is 0.264. The second-order valence-electron chi connectivity index (χ2n) is 6.03. The highest BCUT2D eigenvalue weighted by Crippen LogP contribution is 2.30. The van der Waals surface area contributed by atoms with Crippen LogP contribution in [0, 0.1) is 18.6 Å². The smallest absolute Gasteiger partial charge is 0.136 e. The summed E-state index contributed by atoms with van der Waals surface area (Å²) in [6.45, 7) is 7.81. The summed E-state index contributed by atoms with van der Waals surface area (Å²) >= 11 is 0. The summed E-state index contributed by atoms with van der Waals surface area (Å²) in [6.07, 6.45) is 0. The van der Waals surface area contributed by atoms with Crippen LogP contribution in [0.25, 0.3) is 11.3 Å². The van der Waals surface area contributed by atoms with Crippen LogP contribution in [0.4, 0.5) is 14.6 Å². The number of nitrogens with zero attached hydrogens (tertiary/aromatic N) is 2. The highest BCUT2D eigenvalue weighted by molar-refractivity contribution is 5.68. The second kappa shape index (κ2) is 5.39. The number of hydrogen-bond acceptors (Lipinski definition) is 3. The molecule has 1 aromatic carbocycles. The van der Waals surface area contributed by atoms with Gasteiger partial charge in [-0.15, -0.1) is 0 Å². The van der Waals surface area contributed by atoms with Crippen molar-refractivity contribution >= 4 is 5.82 Å². The van der Waals surface area contributed by atoms with Gasteiger partial charge in [-0.25, -0.2) is 18.7 Å². The Morgan fingerprint density at radius 3 is 2.05 bits per heavy atom. The standard InChI is InChI=1S/C16H19F2N3/c1-9-13(10-6-11(17)8-12(18)7-10)20-15(16(2,3)4)21-14(9)19-5/h6-8H,1-5H3,(H,19,20,21). The molecule has 0 atom stereocenters. The summed E-state index contributed by atoms with van der Waals surface area (Å²) in [5.41, 5.74) is 1.45. The van der Waals surface area contributed by atoms with Gasteiger partial charge in [0, 0.05) is 29.7 Å². The molecule has 1 heterocycles. The normalized spacial score (nSPS) is 11.6. The maximum Gasteiger partial charge on any atom is 0.136 e. The van der Waals surface area contributed by atoms with Crippen LogP contribution in [0.1, 0.15) is 32.2 Å². The number of nitrogens with one attached hydrogen (secondary N) is 1. The lowest BCUT2D eigenvalue weighted by atomic mass is 9.94. The van der Waals surface area contributed by atoms with Crippen molar-refractivity contribution in [2.45, 2.75) is 33.1 Å². The van der Waals surface area contributed by atoms with E-state index < -0.39 is 11.6 Å². The molecule has 0 aliphatic rings. The molecule has 0 aliphatic carbocycles. The van der Waals surface area contributed by atoms with E-state index in [0.717, 1.165) is 11.6 Å². The SMILES string of the molecule is CNc1nc(C(C)(C)C)nc(-c2cc(F)cc(F)c2)c1C. The molecular formula is C16H19F2N3. The number of halogens is 2. The van der Waals surface area contributed by atoms with Gasteiger partial charge in [0.25, 0.3) is 0 Å². The lowest BCUT2D eigenvalue weighted by Gasteiger charge is -2.20. The Morgan fingerprint density at radius 2 is 1.57 bits per heavy atom. The monoisotopic (exact) mass is 291 g/mol. The van der Waals surface area contributed by atoms with Crippen molar-refractivity contribution < 1.29 is 8.78 Å². The van der Waals surface area contributed by atoms with Crippen LogP contribution in [0.15, 0.2) is 18.2 Å². The second-order valence-corrected chi connectivity index (χ2v) is 6.03. The minimum Gasteiger partial charge on any atom is -0.373 e. The summed E-state index contributed by atoms with van der Waals surface area (Å²) in [7, 11) is 1.76. The Labute approximate surface area is 123 Å². The summed E-state index contributed by atoms with van der Waals surface area (Å²) in [5.74, 6) is 0.0457.